The molecule has 0 saturated heterocycles. The largest absolute Gasteiger partial charge is 0.481 e. The number of hydrogen-bond acceptors (Lipinski definition) is 3. The van der Waals surface area contributed by atoms with Crippen LogP contribution in [0.1, 0.15) is 38.5 Å². The van der Waals surface area contributed by atoms with Gasteiger partial charge in [0.25, 0.3) is 0 Å². The number of aliphatic carboxylic acids is 1. The van der Waals surface area contributed by atoms with Gasteiger partial charge in [0.1, 0.15) is 0 Å². The minimum absolute atomic E-state index is 0.0170. The van der Waals surface area contributed by atoms with Crippen molar-refractivity contribution in [1.82, 2.24) is 15.5 Å². The quantitative estimate of drug-likeness (QED) is 0.604. The summed E-state index contributed by atoms with van der Waals surface area (Å²) >= 11 is 0. The van der Waals surface area contributed by atoms with Crippen LogP contribution in [0.25, 0.3) is 0 Å². The number of urea groups is 1. The zero-order chi connectivity index (χ0) is 14.3. The molecule has 6 heteroatoms. The standard InChI is InChI=1S/C13H25N3O3/c1-14-8-5-9-16(2)12(19)15-13(10-11(17)18)6-3-4-7-13/h14H,3-10H2,1-2H3,(H,15,19)(H,17,18). The number of carboxylic acid groups (broad SMARTS) is 1. The maximum atomic E-state index is 12.1. The molecule has 19 heavy (non-hydrogen) atoms. The fourth-order valence-corrected chi connectivity index (χ4v) is 2.60. The Morgan fingerprint density at radius 1 is 1.32 bits per heavy atom. The normalized spacial score (nSPS) is 17.2. The lowest BCUT2D eigenvalue weighted by Crippen LogP contribution is -2.52. The van der Waals surface area contributed by atoms with Crippen molar-refractivity contribution in [3.63, 3.8) is 0 Å². The van der Waals surface area contributed by atoms with E-state index in [9.17, 15) is 9.59 Å². The second kappa shape index (κ2) is 7.33. The second-order valence-corrected chi connectivity index (χ2v) is 5.37. The molecule has 0 aromatic rings. The van der Waals surface area contributed by atoms with Crippen molar-refractivity contribution in [2.45, 2.75) is 44.1 Å². The maximum Gasteiger partial charge on any atom is 0.317 e. The monoisotopic (exact) mass is 271 g/mol. The zero-order valence-corrected chi connectivity index (χ0v) is 11.9. The van der Waals surface area contributed by atoms with E-state index in [0.717, 1.165) is 38.6 Å². The first-order valence-electron chi connectivity index (χ1n) is 6.89. The molecule has 1 aliphatic rings. The Morgan fingerprint density at radius 3 is 2.47 bits per heavy atom. The van der Waals surface area contributed by atoms with Crippen molar-refractivity contribution in [3.05, 3.63) is 0 Å². The van der Waals surface area contributed by atoms with Gasteiger partial charge in [-0.3, -0.25) is 4.79 Å². The topological polar surface area (TPSA) is 81.7 Å². The van der Waals surface area contributed by atoms with Crippen molar-refractivity contribution in [2.75, 3.05) is 27.2 Å². The van der Waals surface area contributed by atoms with Crippen LogP contribution in [0.3, 0.4) is 0 Å². The van der Waals surface area contributed by atoms with Gasteiger partial charge in [0.2, 0.25) is 0 Å². The van der Waals surface area contributed by atoms with Gasteiger partial charge in [0.05, 0.1) is 12.0 Å². The molecule has 2 amide bonds. The number of nitrogens with zero attached hydrogens (tertiary/aromatic N) is 1. The van der Waals surface area contributed by atoms with Crippen molar-refractivity contribution >= 4 is 12.0 Å². The Kier molecular flexibility index (Phi) is 6.08. The molecule has 1 fully saturated rings. The van der Waals surface area contributed by atoms with Gasteiger partial charge in [0.15, 0.2) is 0 Å². The molecule has 1 rings (SSSR count). The lowest BCUT2D eigenvalue weighted by molar-refractivity contribution is -0.138. The number of hydrogen-bond donors (Lipinski definition) is 3. The van der Waals surface area contributed by atoms with Gasteiger partial charge in [-0.05, 0) is 32.9 Å². The van der Waals surface area contributed by atoms with Gasteiger partial charge in [-0.15, -0.1) is 0 Å². The van der Waals surface area contributed by atoms with Gasteiger partial charge in [-0.2, -0.15) is 0 Å². The van der Waals surface area contributed by atoms with Crippen LogP contribution in [0.15, 0.2) is 0 Å². The summed E-state index contributed by atoms with van der Waals surface area (Å²) in [4.78, 5) is 24.7. The molecule has 0 radical (unpaired) electrons. The molecule has 0 aromatic heterocycles. The third kappa shape index (κ3) is 5.06. The van der Waals surface area contributed by atoms with Gasteiger partial charge in [-0.1, -0.05) is 12.8 Å². The van der Waals surface area contributed by atoms with Gasteiger partial charge in [0, 0.05) is 13.6 Å². The number of nitrogens with one attached hydrogen (secondary N) is 2. The SMILES string of the molecule is CNCCCN(C)C(=O)NC1(CC(=O)O)CCCC1. The van der Waals surface area contributed by atoms with E-state index in [1.54, 1.807) is 11.9 Å². The third-order valence-electron chi connectivity index (χ3n) is 3.69. The first-order chi connectivity index (χ1) is 8.99. The van der Waals surface area contributed by atoms with Crippen molar-refractivity contribution in [2.24, 2.45) is 0 Å². The lowest BCUT2D eigenvalue weighted by atomic mass is 9.93. The van der Waals surface area contributed by atoms with Crippen LogP contribution < -0.4 is 10.6 Å². The molecule has 110 valence electrons. The number of carbonyl (C=O) groups excluding carboxylic acids is 1. The molecule has 0 spiro atoms. The van der Waals surface area contributed by atoms with E-state index in [1.165, 1.54) is 0 Å². The number of amides is 2. The van der Waals surface area contributed by atoms with Gasteiger partial charge in [-0.25, -0.2) is 4.79 Å². The molecule has 0 unspecified atom stereocenters. The summed E-state index contributed by atoms with van der Waals surface area (Å²) in [5.41, 5.74) is -0.541. The summed E-state index contributed by atoms with van der Waals surface area (Å²) in [5.74, 6) is -0.847. The molecule has 3 N–H and O–H groups in total. The lowest BCUT2D eigenvalue weighted by Gasteiger charge is -2.31. The van der Waals surface area contributed by atoms with E-state index < -0.39 is 11.5 Å². The first kappa shape index (κ1) is 15.8. The molecular formula is C13H25N3O3. The molecule has 0 atom stereocenters. The highest BCUT2D eigenvalue weighted by Crippen LogP contribution is 2.32. The Morgan fingerprint density at radius 2 is 1.95 bits per heavy atom. The smallest absolute Gasteiger partial charge is 0.317 e. The van der Waals surface area contributed by atoms with Crippen LogP contribution in [0.5, 0.6) is 0 Å². The molecule has 0 aromatic carbocycles. The molecular weight excluding hydrogens is 246 g/mol. The molecule has 1 saturated carbocycles. The third-order valence-corrected chi connectivity index (χ3v) is 3.69. The molecule has 1 aliphatic carbocycles. The van der Waals surface area contributed by atoms with Crippen molar-refractivity contribution in [3.8, 4) is 0 Å². The fourth-order valence-electron chi connectivity index (χ4n) is 2.60. The number of carbonyl (C=O) groups is 2. The summed E-state index contributed by atoms with van der Waals surface area (Å²) in [5, 5.41) is 15.0. The molecule has 6 nitrogen and oxygen atoms in total. The predicted molar refractivity (Wildman–Crippen MR) is 73.2 cm³/mol. The van der Waals surface area contributed by atoms with E-state index in [4.69, 9.17) is 5.11 Å². The Balaban J connectivity index is 2.49. The van der Waals surface area contributed by atoms with E-state index in [1.807, 2.05) is 7.05 Å². The average Bonchev–Trinajstić information content (AvgIpc) is 2.76. The van der Waals surface area contributed by atoms with E-state index in [2.05, 4.69) is 10.6 Å². The van der Waals surface area contributed by atoms with Crippen LogP contribution in [0.2, 0.25) is 0 Å². The van der Waals surface area contributed by atoms with Gasteiger partial charge < -0.3 is 20.6 Å². The highest BCUT2D eigenvalue weighted by atomic mass is 16.4. The second-order valence-electron chi connectivity index (χ2n) is 5.37. The highest BCUT2D eigenvalue weighted by Gasteiger charge is 2.37. The molecule has 0 bridgehead atoms. The average molecular weight is 271 g/mol. The number of rotatable bonds is 7. The summed E-state index contributed by atoms with van der Waals surface area (Å²) in [6.07, 6.45) is 4.38. The Hall–Kier alpha value is -1.30. The van der Waals surface area contributed by atoms with Crippen LogP contribution in [0.4, 0.5) is 4.79 Å². The number of carboxylic acids is 1. The van der Waals surface area contributed by atoms with E-state index in [-0.39, 0.29) is 12.5 Å². The summed E-state index contributed by atoms with van der Waals surface area (Å²) in [7, 11) is 3.62. The fraction of sp³-hybridized carbons (Fsp3) is 0.846. The molecule has 0 aliphatic heterocycles. The summed E-state index contributed by atoms with van der Waals surface area (Å²) < 4.78 is 0. The molecule has 0 heterocycles. The predicted octanol–water partition coefficient (Wildman–Crippen LogP) is 1.02. The first-order valence-corrected chi connectivity index (χ1v) is 6.89. The zero-order valence-electron chi connectivity index (χ0n) is 11.9. The Bertz CT molecular complexity index is 314. The van der Waals surface area contributed by atoms with E-state index in [0.29, 0.717) is 6.54 Å². The minimum Gasteiger partial charge on any atom is -0.481 e. The van der Waals surface area contributed by atoms with Crippen LogP contribution in [-0.2, 0) is 4.79 Å². The minimum atomic E-state index is -0.847. The van der Waals surface area contributed by atoms with Crippen LogP contribution in [0, 0.1) is 0 Å². The van der Waals surface area contributed by atoms with Gasteiger partial charge >= 0.3 is 12.0 Å². The summed E-state index contributed by atoms with van der Waals surface area (Å²) in [6.45, 7) is 1.52. The van der Waals surface area contributed by atoms with Crippen LogP contribution >= 0.6 is 0 Å². The van der Waals surface area contributed by atoms with Crippen molar-refractivity contribution < 1.29 is 14.7 Å². The van der Waals surface area contributed by atoms with Crippen molar-refractivity contribution in [1.29, 1.82) is 0 Å². The Labute approximate surface area is 114 Å². The van der Waals surface area contributed by atoms with Crippen LogP contribution in [-0.4, -0.2) is 54.7 Å². The highest BCUT2D eigenvalue weighted by molar-refractivity contribution is 5.76. The summed E-state index contributed by atoms with van der Waals surface area (Å²) in [6, 6.07) is -0.167. The van der Waals surface area contributed by atoms with E-state index >= 15 is 0 Å². The maximum absolute atomic E-state index is 12.1.